The molecule has 7 aromatic carbocycles. The van der Waals surface area contributed by atoms with E-state index >= 15 is 0 Å². The van der Waals surface area contributed by atoms with Crippen LogP contribution in [-0.4, -0.2) is 0 Å². The van der Waals surface area contributed by atoms with Crippen LogP contribution in [0.3, 0.4) is 0 Å². The molecule has 0 radical (unpaired) electrons. The van der Waals surface area contributed by atoms with Crippen molar-refractivity contribution in [3.05, 3.63) is 189 Å². The summed E-state index contributed by atoms with van der Waals surface area (Å²) in [5.41, 5.74) is 17.7. The average Bonchev–Trinajstić information content (AvgIpc) is 3.63. The number of aryl methyl sites for hydroxylation is 2. The molecule has 0 nitrogen and oxygen atoms in total. The van der Waals surface area contributed by atoms with Gasteiger partial charge in [-0.1, -0.05) is 129 Å². The van der Waals surface area contributed by atoms with Crippen molar-refractivity contribution in [3.8, 4) is 11.1 Å². The van der Waals surface area contributed by atoms with Gasteiger partial charge >= 0.3 is 0 Å². The van der Waals surface area contributed by atoms with Crippen molar-refractivity contribution in [2.45, 2.75) is 51.4 Å². The molecule has 0 unspecified atom stereocenters. The highest BCUT2D eigenvalue weighted by Crippen LogP contribution is 2.51. The van der Waals surface area contributed by atoms with Gasteiger partial charge in [-0.2, -0.15) is 0 Å². The van der Waals surface area contributed by atoms with E-state index in [-0.39, 0.29) is 11.8 Å². The fourth-order valence-electron chi connectivity index (χ4n) is 9.82. The first-order chi connectivity index (χ1) is 24.5. The fraction of sp³-hybridized carbons (Fsp3) is 0.184. The van der Waals surface area contributed by atoms with E-state index in [0.717, 1.165) is 0 Å². The highest BCUT2D eigenvalue weighted by molar-refractivity contribution is 7.25. The van der Waals surface area contributed by atoms with Crippen molar-refractivity contribution in [1.29, 1.82) is 0 Å². The second-order valence-corrected chi connectivity index (χ2v) is 16.9. The van der Waals surface area contributed by atoms with Crippen LogP contribution in [0.1, 0.15) is 81.3 Å². The molecule has 0 amide bonds. The van der Waals surface area contributed by atoms with E-state index in [1.54, 1.807) is 11.1 Å². The molecule has 0 fully saturated rings. The first-order valence-electron chi connectivity index (χ1n) is 18.3. The topological polar surface area (TPSA) is 0 Å². The number of hydrogen-bond donors (Lipinski definition) is 0. The maximum Gasteiger partial charge on any atom is 0.0361 e. The Hall–Kier alpha value is -4.98. The van der Waals surface area contributed by atoms with Crippen molar-refractivity contribution in [2.24, 2.45) is 5.41 Å². The van der Waals surface area contributed by atoms with E-state index in [1.807, 2.05) is 11.3 Å². The molecule has 0 bridgehead atoms. The molecule has 3 aliphatic rings. The number of hydrogen-bond acceptors (Lipinski definition) is 1. The van der Waals surface area contributed by atoms with Gasteiger partial charge in [-0.3, -0.25) is 0 Å². The molecule has 1 heterocycles. The Morgan fingerprint density at radius 3 is 1.80 bits per heavy atom. The Morgan fingerprint density at radius 2 is 1.10 bits per heavy atom. The van der Waals surface area contributed by atoms with Crippen LogP contribution in [0.5, 0.6) is 0 Å². The Bertz CT molecular complexity index is 2650. The van der Waals surface area contributed by atoms with Crippen molar-refractivity contribution in [2.75, 3.05) is 0 Å². The van der Waals surface area contributed by atoms with Crippen molar-refractivity contribution < 1.29 is 0 Å². The maximum absolute atomic E-state index is 2.50. The normalized spacial score (nSPS) is 18.4. The molecule has 1 heteroatoms. The third kappa shape index (κ3) is 4.23. The van der Waals surface area contributed by atoms with Crippen molar-refractivity contribution >= 4 is 42.3 Å². The van der Waals surface area contributed by atoms with E-state index in [9.17, 15) is 0 Å². The van der Waals surface area contributed by atoms with Gasteiger partial charge in [0.1, 0.15) is 0 Å². The highest BCUT2D eigenvalue weighted by Gasteiger charge is 2.35. The summed E-state index contributed by atoms with van der Waals surface area (Å²) < 4.78 is 2.80. The first-order valence-corrected chi connectivity index (χ1v) is 19.1. The quantitative estimate of drug-likeness (QED) is 0.177. The lowest BCUT2D eigenvalue weighted by molar-refractivity contribution is 0.392. The van der Waals surface area contributed by atoms with Crippen LogP contribution in [-0.2, 0) is 25.7 Å². The number of rotatable bonds is 3. The van der Waals surface area contributed by atoms with Gasteiger partial charge in [0.05, 0.1) is 0 Å². The third-order valence-electron chi connectivity index (χ3n) is 12.2. The molecular weight excluding hydrogens is 621 g/mol. The summed E-state index contributed by atoms with van der Waals surface area (Å²) in [6.45, 7) is 4.80. The zero-order chi connectivity index (χ0) is 33.1. The van der Waals surface area contributed by atoms with Gasteiger partial charge in [-0.25, -0.2) is 0 Å². The minimum Gasteiger partial charge on any atom is -0.135 e. The van der Waals surface area contributed by atoms with Gasteiger partial charge in [0.15, 0.2) is 0 Å². The van der Waals surface area contributed by atoms with Gasteiger partial charge < -0.3 is 0 Å². The van der Waals surface area contributed by atoms with Crippen LogP contribution < -0.4 is 0 Å². The van der Waals surface area contributed by atoms with Crippen LogP contribution in [0.15, 0.2) is 133 Å². The van der Waals surface area contributed by atoms with Gasteiger partial charge in [-0.15, -0.1) is 11.3 Å². The summed E-state index contributed by atoms with van der Waals surface area (Å²) in [7, 11) is 0. The van der Waals surface area contributed by atoms with Crippen LogP contribution in [0.2, 0.25) is 0 Å². The Kier molecular flexibility index (Phi) is 6.06. The van der Waals surface area contributed by atoms with Crippen LogP contribution in [0.4, 0.5) is 0 Å². The Balaban J connectivity index is 1.06. The summed E-state index contributed by atoms with van der Waals surface area (Å²) >= 11 is 1.96. The van der Waals surface area contributed by atoms with E-state index in [4.69, 9.17) is 0 Å². The Morgan fingerprint density at radius 1 is 0.460 bits per heavy atom. The largest absolute Gasteiger partial charge is 0.135 e. The molecule has 0 spiro atoms. The molecule has 0 saturated heterocycles. The molecule has 11 rings (SSSR count). The first kappa shape index (κ1) is 28.8. The summed E-state index contributed by atoms with van der Waals surface area (Å²) in [6.07, 6.45) is 4.78. The van der Waals surface area contributed by atoms with Crippen LogP contribution >= 0.6 is 11.3 Å². The molecular formula is C49H38S. The van der Waals surface area contributed by atoms with Crippen LogP contribution in [0.25, 0.3) is 42.1 Å². The highest BCUT2D eigenvalue weighted by atomic mass is 32.1. The Labute approximate surface area is 298 Å². The predicted molar refractivity (Wildman–Crippen MR) is 212 cm³/mol. The molecule has 0 saturated carbocycles. The maximum atomic E-state index is 2.50. The lowest BCUT2D eigenvalue weighted by Crippen LogP contribution is -2.21. The minimum absolute atomic E-state index is 0.168. The molecule has 0 atom stereocenters. The molecule has 50 heavy (non-hydrogen) atoms. The minimum atomic E-state index is 0.168. The standard InChI is InChI=1S/C49H38S/c1-49(2)27-33-24-44-38-20-19-31(25-45(38)50-46(44)26-34(33)28-49)35-21-22-43(37-10-4-3-9-36(35)37)48-41-13-7-5-11-39(41)47(40-12-6-8-14-42(40)48)32-18-16-29-15-17-30(29)23-32/h3-14,16,18-26,47-48H,15,17,27-28H2,1-2H3. The van der Waals surface area contributed by atoms with Crippen LogP contribution in [0, 0.1) is 5.41 Å². The van der Waals surface area contributed by atoms with Crippen molar-refractivity contribution in [1.82, 2.24) is 0 Å². The van der Waals surface area contributed by atoms with Gasteiger partial charge in [0.25, 0.3) is 0 Å². The number of thiophene rings is 1. The smallest absolute Gasteiger partial charge is 0.0361 e. The molecule has 8 aromatic rings. The second-order valence-electron chi connectivity index (χ2n) is 15.8. The zero-order valence-corrected chi connectivity index (χ0v) is 29.4. The summed E-state index contributed by atoms with van der Waals surface area (Å²) in [5.74, 6) is 0.414. The summed E-state index contributed by atoms with van der Waals surface area (Å²) in [6, 6.07) is 51.8. The number of benzene rings is 7. The van der Waals surface area contributed by atoms with E-state index in [0.29, 0.717) is 5.41 Å². The zero-order valence-electron chi connectivity index (χ0n) is 28.6. The lowest BCUT2D eigenvalue weighted by Gasteiger charge is -2.36. The average molecular weight is 659 g/mol. The number of fused-ring (bicyclic) bond motifs is 8. The third-order valence-corrected chi connectivity index (χ3v) is 13.3. The summed E-state index contributed by atoms with van der Waals surface area (Å²) in [5, 5.41) is 5.48. The monoisotopic (exact) mass is 658 g/mol. The second kappa shape index (κ2) is 10.5. The molecule has 1 aromatic heterocycles. The lowest BCUT2D eigenvalue weighted by atomic mass is 9.67. The molecule has 0 N–H and O–H groups in total. The van der Waals surface area contributed by atoms with Gasteiger partial charge in [-0.05, 0) is 127 Å². The summed E-state index contributed by atoms with van der Waals surface area (Å²) in [4.78, 5) is 0. The molecule has 240 valence electrons. The van der Waals surface area contributed by atoms with E-state index in [1.165, 1.54) is 112 Å². The van der Waals surface area contributed by atoms with Crippen molar-refractivity contribution in [3.63, 3.8) is 0 Å². The SMILES string of the molecule is CC1(C)Cc2cc3sc4cc(-c5ccc(C6c7ccccc7C(c7ccc8c(c7)CC8)c7ccccc76)c6ccccc56)ccc4c3cc2C1. The molecule has 3 aliphatic carbocycles. The van der Waals surface area contributed by atoms with Gasteiger partial charge in [0.2, 0.25) is 0 Å². The van der Waals surface area contributed by atoms with E-state index in [2.05, 4.69) is 147 Å². The van der Waals surface area contributed by atoms with E-state index < -0.39 is 0 Å². The van der Waals surface area contributed by atoms with Gasteiger partial charge in [0, 0.05) is 32.0 Å². The predicted octanol–water partition coefficient (Wildman–Crippen LogP) is 12.8. The molecule has 0 aliphatic heterocycles. The fourth-order valence-corrected chi connectivity index (χ4v) is 11.0.